The first-order chi connectivity index (χ1) is 7.24. The van der Waals surface area contributed by atoms with Crippen molar-refractivity contribution in [3.63, 3.8) is 0 Å². The van der Waals surface area contributed by atoms with Gasteiger partial charge in [-0.05, 0) is 18.4 Å². The van der Waals surface area contributed by atoms with Crippen molar-refractivity contribution in [2.24, 2.45) is 7.05 Å². The van der Waals surface area contributed by atoms with Gasteiger partial charge in [0.05, 0.1) is 11.6 Å². The van der Waals surface area contributed by atoms with Crippen molar-refractivity contribution < 1.29 is 0 Å². The van der Waals surface area contributed by atoms with E-state index in [4.69, 9.17) is 11.6 Å². The highest BCUT2D eigenvalue weighted by atomic mass is 35.5. The number of rotatable bonds is 3. The number of aromatic nitrogens is 2. The van der Waals surface area contributed by atoms with Crippen LogP contribution in [0.15, 0.2) is 24.0 Å². The number of hydrogen-bond acceptors (Lipinski definition) is 2. The fourth-order valence-corrected chi connectivity index (χ4v) is 2.11. The fourth-order valence-electron chi connectivity index (χ4n) is 1.82. The number of alkyl halides is 1. The van der Waals surface area contributed by atoms with Crippen LogP contribution >= 0.6 is 11.6 Å². The van der Waals surface area contributed by atoms with Crippen LogP contribution in [0.3, 0.4) is 0 Å². The molecule has 0 radical (unpaired) electrons. The lowest BCUT2D eigenvalue weighted by Crippen LogP contribution is -2.29. The van der Waals surface area contributed by atoms with E-state index in [1.807, 2.05) is 17.9 Å². The summed E-state index contributed by atoms with van der Waals surface area (Å²) in [6.45, 7) is 1.86. The normalized spacial score (nSPS) is 21.5. The van der Waals surface area contributed by atoms with E-state index in [9.17, 15) is 0 Å². The van der Waals surface area contributed by atoms with Gasteiger partial charge in [0.15, 0.2) is 0 Å². The van der Waals surface area contributed by atoms with Gasteiger partial charge in [-0.3, -0.25) is 4.68 Å². The second-order valence-electron chi connectivity index (χ2n) is 3.99. The van der Waals surface area contributed by atoms with Crippen molar-refractivity contribution in [1.29, 1.82) is 0 Å². The van der Waals surface area contributed by atoms with Crippen LogP contribution in [0.25, 0.3) is 0 Å². The Kier molecular flexibility index (Phi) is 3.44. The van der Waals surface area contributed by atoms with Crippen molar-refractivity contribution in [2.45, 2.75) is 18.2 Å². The van der Waals surface area contributed by atoms with Gasteiger partial charge in [0.1, 0.15) is 0 Å². The average molecular weight is 226 g/mol. The molecule has 0 saturated heterocycles. The van der Waals surface area contributed by atoms with Gasteiger partial charge in [-0.2, -0.15) is 5.10 Å². The highest BCUT2D eigenvalue weighted by Crippen LogP contribution is 2.13. The second kappa shape index (κ2) is 4.81. The van der Waals surface area contributed by atoms with E-state index in [1.54, 1.807) is 0 Å². The summed E-state index contributed by atoms with van der Waals surface area (Å²) < 4.78 is 1.84. The SMILES string of the molecule is Cn1cc(CCC2=CC(Cl)CNC2)cn1. The summed E-state index contributed by atoms with van der Waals surface area (Å²) in [7, 11) is 1.94. The second-order valence-corrected chi connectivity index (χ2v) is 4.55. The molecule has 0 fully saturated rings. The minimum atomic E-state index is 0.155. The van der Waals surface area contributed by atoms with E-state index in [0.29, 0.717) is 0 Å². The maximum absolute atomic E-state index is 6.04. The third kappa shape index (κ3) is 3.08. The zero-order valence-electron chi connectivity index (χ0n) is 8.91. The molecule has 0 amide bonds. The van der Waals surface area contributed by atoms with Gasteiger partial charge in [0.2, 0.25) is 0 Å². The minimum absolute atomic E-state index is 0.155. The first-order valence-electron chi connectivity index (χ1n) is 5.26. The zero-order chi connectivity index (χ0) is 10.7. The van der Waals surface area contributed by atoms with E-state index in [1.165, 1.54) is 11.1 Å². The van der Waals surface area contributed by atoms with Crippen molar-refractivity contribution in [1.82, 2.24) is 15.1 Å². The van der Waals surface area contributed by atoms with Crippen LogP contribution in [0, 0.1) is 0 Å². The van der Waals surface area contributed by atoms with E-state index < -0.39 is 0 Å². The monoisotopic (exact) mass is 225 g/mol. The Labute approximate surface area is 95.1 Å². The highest BCUT2D eigenvalue weighted by Gasteiger charge is 2.10. The van der Waals surface area contributed by atoms with Crippen LogP contribution in [0.1, 0.15) is 12.0 Å². The van der Waals surface area contributed by atoms with Gasteiger partial charge in [-0.1, -0.05) is 11.6 Å². The molecule has 2 rings (SSSR count). The molecule has 1 unspecified atom stereocenters. The van der Waals surface area contributed by atoms with Gasteiger partial charge in [-0.25, -0.2) is 0 Å². The first-order valence-corrected chi connectivity index (χ1v) is 5.69. The van der Waals surface area contributed by atoms with Crippen molar-refractivity contribution in [3.05, 3.63) is 29.6 Å². The van der Waals surface area contributed by atoms with E-state index in [0.717, 1.165) is 25.9 Å². The molecular weight excluding hydrogens is 210 g/mol. The van der Waals surface area contributed by atoms with Crippen molar-refractivity contribution in [2.75, 3.05) is 13.1 Å². The average Bonchev–Trinajstić information content (AvgIpc) is 2.62. The van der Waals surface area contributed by atoms with Gasteiger partial charge in [-0.15, -0.1) is 11.6 Å². The number of nitrogens with zero attached hydrogens (tertiary/aromatic N) is 2. The molecule has 82 valence electrons. The molecule has 0 spiro atoms. The topological polar surface area (TPSA) is 29.9 Å². The van der Waals surface area contributed by atoms with Crippen LogP contribution in [0.4, 0.5) is 0 Å². The van der Waals surface area contributed by atoms with Crippen LogP contribution < -0.4 is 5.32 Å². The molecule has 0 aliphatic carbocycles. The summed E-state index contributed by atoms with van der Waals surface area (Å²) in [4.78, 5) is 0. The molecule has 1 aromatic heterocycles. The van der Waals surface area contributed by atoms with Gasteiger partial charge >= 0.3 is 0 Å². The Bertz CT molecular complexity index is 356. The Morgan fingerprint density at radius 1 is 1.60 bits per heavy atom. The van der Waals surface area contributed by atoms with Crippen molar-refractivity contribution in [3.8, 4) is 0 Å². The lowest BCUT2D eigenvalue weighted by Gasteiger charge is -2.17. The lowest BCUT2D eigenvalue weighted by atomic mass is 10.0. The Morgan fingerprint density at radius 3 is 3.13 bits per heavy atom. The Morgan fingerprint density at radius 2 is 2.47 bits per heavy atom. The van der Waals surface area contributed by atoms with Crippen LogP contribution in [-0.4, -0.2) is 28.2 Å². The summed E-state index contributed by atoms with van der Waals surface area (Å²) in [6, 6.07) is 0. The molecule has 1 aliphatic heterocycles. The minimum Gasteiger partial charge on any atom is -0.311 e. The molecular formula is C11H16ClN3. The number of aryl methyl sites for hydroxylation is 2. The van der Waals surface area contributed by atoms with Crippen LogP contribution in [0.5, 0.6) is 0 Å². The molecule has 0 saturated carbocycles. The summed E-state index contributed by atoms with van der Waals surface area (Å²) >= 11 is 6.04. The molecule has 3 nitrogen and oxygen atoms in total. The predicted molar refractivity (Wildman–Crippen MR) is 62.1 cm³/mol. The third-order valence-corrected chi connectivity index (χ3v) is 2.88. The highest BCUT2D eigenvalue weighted by molar-refractivity contribution is 6.22. The molecule has 4 heteroatoms. The summed E-state index contributed by atoms with van der Waals surface area (Å²) in [5.41, 5.74) is 2.69. The van der Waals surface area contributed by atoms with Gasteiger partial charge in [0, 0.05) is 26.3 Å². The quantitative estimate of drug-likeness (QED) is 0.624. The maximum Gasteiger partial charge on any atom is 0.0643 e. The summed E-state index contributed by atoms with van der Waals surface area (Å²) in [6.07, 6.45) is 8.28. The van der Waals surface area contributed by atoms with E-state index >= 15 is 0 Å². The van der Waals surface area contributed by atoms with E-state index in [2.05, 4.69) is 22.7 Å². The Hall–Kier alpha value is -0.800. The molecule has 15 heavy (non-hydrogen) atoms. The number of nitrogens with one attached hydrogen (secondary N) is 1. The molecule has 0 bridgehead atoms. The number of halogens is 1. The molecule has 2 heterocycles. The van der Waals surface area contributed by atoms with Crippen LogP contribution in [0.2, 0.25) is 0 Å². The van der Waals surface area contributed by atoms with Crippen LogP contribution in [-0.2, 0) is 13.5 Å². The Balaban J connectivity index is 1.87. The summed E-state index contributed by atoms with van der Waals surface area (Å²) in [5.74, 6) is 0. The lowest BCUT2D eigenvalue weighted by molar-refractivity contribution is 0.681. The zero-order valence-corrected chi connectivity index (χ0v) is 9.67. The van der Waals surface area contributed by atoms with Gasteiger partial charge < -0.3 is 5.32 Å². The molecule has 0 aromatic carbocycles. The standard InChI is InChI=1S/C11H16ClN3/c1-15-8-10(6-14-15)3-2-9-4-11(12)7-13-5-9/h4,6,8,11,13H,2-3,5,7H2,1H3. The molecule has 1 N–H and O–H groups in total. The molecule has 1 aliphatic rings. The van der Waals surface area contributed by atoms with Gasteiger partial charge in [0.25, 0.3) is 0 Å². The predicted octanol–water partition coefficient (Wildman–Crippen LogP) is 1.49. The largest absolute Gasteiger partial charge is 0.311 e. The first kappa shape index (κ1) is 10.7. The smallest absolute Gasteiger partial charge is 0.0643 e. The number of hydrogen-bond donors (Lipinski definition) is 1. The fraction of sp³-hybridized carbons (Fsp3) is 0.545. The third-order valence-electron chi connectivity index (χ3n) is 2.60. The maximum atomic E-state index is 6.04. The molecule has 1 atom stereocenters. The summed E-state index contributed by atoms with van der Waals surface area (Å²) in [5, 5.41) is 7.61. The van der Waals surface area contributed by atoms with Crippen molar-refractivity contribution >= 4 is 11.6 Å². The van der Waals surface area contributed by atoms with E-state index in [-0.39, 0.29) is 5.38 Å². The molecule has 1 aromatic rings.